The molecule has 4 aliphatic heterocycles. The molecule has 0 aliphatic carbocycles. The smallest absolute Gasteiger partial charge is 0.329 e. The number of piperidine rings is 2. The van der Waals surface area contributed by atoms with Gasteiger partial charge >= 0.3 is 5.69 Å². The minimum atomic E-state index is -1.05. The minimum Gasteiger partial charge on any atom is -0.371 e. The van der Waals surface area contributed by atoms with E-state index >= 15 is 4.39 Å². The Labute approximate surface area is 412 Å². The molecule has 18 nitrogen and oxygen atoms in total. The number of rotatable bonds is 10. The van der Waals surface area contributed by atoms with E-state index in [1.807, 2.05) is 42.5 Å². The van der Waals surface area contributed by atoms with Crippen LogP contribution in [0.25, 0.3) is 44.2 Å². The summed E-state index contributed by atoms with van der Waals surface area (Å²) in [6, 6.07) is 28.7. The molecule has 11 rings (SSSR count). The highest BCUT2D eigenvalue weighted by atomic mass is 19.1. The number of carbonyl (C=O) groups is 4. The first-order valence-corrected chi connectivity index (χ1v) is 24.1. The van der Waals surface area contributed by atoms with Crippen LogP contribution in [-0.4, -0.2) is 106 Å². The number of hydrogen-bond donors (Lipinski definition) is 4. The van der Waals surface area contributed by atoms with Gasteiger partial charge in [0.1, 0.15) is 18.2 Å². The number of imidazole rings is 1. The summed E-state index contributed by atoms with van der Waals surface area (Å²) < 4.78 is 22.0. The first-order valence-electron chi connectivity index (χ1n) is 24.1. The molecule has 2 atom stereocenters. The van der Waals surface area contributed by atoms with Crippen molar-refractivity contribution >= 4 is 74.7 Å². The molecule has 0 saturated carbocycles. The number of nitrogens with one attached hydrogen (secondary N) is 3. The second kappa shape index (κ2) is 18.1. The Morgan fingerprint density at radius 2 is 1.54 bits per heavy atom. The monoisotopic (exact) mass is 972 g/mol. The Morgan fingerprint density at radius 1 is 0.778 bits per heavy atom. The fourth-order valence-corrected chi connectivity index (χ4v) is 11.0. The van der Waals surface area contributed by atoms with Crippen LogP contribution in [0.4, 0.5) is 27.1 Å². The van der Waals surface area contributed by atoms with Crippen molar-refractivity contribution in [3.8, 4) is 22.3 Å². The van der Waals surface area contributed by atoms with Gasteiger partial charge in [0.15, 0.2) is 5.69 Å². The Hall–Kier alpha value is -8.32. The lowest BCUT2D eigenvalue weighted by Crippen LogP contribution is -2.52. The number of aromatic nitrogens is 4. The molecule has 7 aromatic rings. The number of halogens is 1. The lowest BCUT2D eigenvalue weighted by Gasteiger charge is -2.47. The molecular weight excluding hydrogens is 920 g/mol. The molecule has 4 amide bonds. The third-order valence-corrected chi connectivity index (χ3v) is 14.9. The molecule has 4 N–H and O–H groups in total. The maximum atomic E-state index is 17.4. The van der Waals surface area contributed by atoms with Crippen molar-refractivity contribution in [2.45, 2.75) is 38.1 Å². The molecule has 3 fully saturated rings. The Balaban J connectivity index is 0.843. The van der Waals surface area contributed by atoms with Crippen LogP contribution in [0.3, 0.4) is 0 Å². The number of benzene rings is 5. The summed E-state index contributed by atoms with van der Waals surface area (Å²) in [5, 5.41) is 29.0. The Bertz CT molecular complexity index is 3460. The van der Waals surface area contributed by atoms with Crippen molar-refractivity contribution in [1.29, 1.82) is 0 Å². The van der Waals surface area contributed by atoms with E-state index in [2.05, 4.69) is 48.1 Å². The highest BCUT2D eigenvalue weighted by Crippen LogP contribution is 2.43. The normalized spacial score (nSPS) is 18.6. The number of amides is 4. The van der Waals surface area contributed by atoms with Crippen molar-refractivity contribution in [2.24, 2.45) is 31.0 Å². The highest BCUT2D eigenvalue weighted by Gasteiger charge is 2.37. The molecule has 6 heterocycles. The van der Waals surface area contributed by atoms with Gasteiger partial charge in [-0.15, -0.1) is 0 Å². The third kappa shape index (κ3) is 7.89. The SMILES string of the molecule is CNC(=O)c1cccc(NC(=O)c2nn(C)c3ccc(-c4ccc(N5C=NN(C)C5O)cc4-c4cccc(N5CC(C6CCN(c7cccc8c7n(C)c(=O)n8C7CCC(=O)NC7=O)CC6)C5)c4)c(F)c23)c1. The number of nitrogens with zero attached hydrogens (tertiary/aromatic N) is 9. The molecule has 2 aromatic heterocycles. The van der Waals surface area contributed by atoms with Gasteiger partial charge in [0.2, 0.25) is 18.2 Å². The van der Waals surface area contributed by atoms with Crippen LogP contribution in [0.1, 0.15) is 52.6 Å². The van der Waals surface area contributed by atoms with Crippen molar-refractivity contribution in [2.75, 3.05) is 60.3 Å². The van der Waals surface area contributed by atoms with Crippen LogP contribution < -0.4 is 36.3 Å². The topological polar surface area (TPSA) is 195 Å². The van der Waals surface area contributed by atoms with Gasteiger partial charge in [-0.1, -0.05) is 30.3 Å². The van der Waals surface area contributed by atoms with Crippen molar-refractivity contribution in [1.82, 2.24) is 34.6 Å². The number of anilines is 4. The second-order valence-corrected chi connectivity index (χ2v) is 19.1. The fourth-order valence-electron chi connectivity index (χ4n) is 11.0. The fraction of sp³-hybridized carbons (Fsp3) is 0.302. The van der Waals surface area contributed by atoms with Gasteiger partial charge < -0.3 is 25.5 Å². The molecule has 72 heavy (non-hydrogen) atoms. The van der Waals surface area contributed by atoms with E-state index < -0.39 is 30.0 Å². The molecule has 0 radical (unpaired) electrons. The van der Waals surface area contributed by atoms with E-state index in [1.165, 1.54) is 21.3 Å². The summed E-state index contributed by atoms with van der Waals surface area (Å²) in [6.07, 6.45) is 2.93. The lowest BCUT2D eigenvalue weighted by atomic mass is 9.79. The molecule has 2 unspecified atom stereocenters. The number of aliphatic hydroxyl groups excluding tert-OH is 1. The molecule has 5 aromatic carbocycles. The van der Waals surface area contributed by atoms with E-state index in [0.717, 1.165) is 61.5 Å². The van der Waals surface area contributed by atoms with Gasteiger partial charge in [0, 0.05) is 89.0 Å². The average Bonchev–Trinajstić information content (AvgIpc) is 3.99. The summed E-state index contributed by atoms with van der Waals surface area (Å²) in [5.74, 6) is -1.38. The van der Waals surface area contributed by atoms with E-state index in [1.54, 1.807) is 79.4 Å². The maximum Gasteiger partial charge on any atom is 0.329 e. The molecule has 0 bridgehead atoms. The number of para-hydroxylation sites is 1. The lowest BCUT2D eigenvalue weighted by molar-refractivity contribution is -0.135. The predicted octanol–water partition coefficient (Wildman–Crippen LogP) is 5.61. The average molecular weight is 973 g/mol. The van der Waals surface area contributed by atoms with Crippen LogP contribution >= 0.6 is 0 Å². The minimum absolute atomic E-state index is 0.0476. The number of carbonyl (C=O) groups excluding carboxylic acids is 4. The summed E-state index contributed by atoms with van der Waals surface area (Å²) in [7, 11) is 6.58. The standard InChI is InChI=1S/C53H53FN12O6/c1-55-49(68)32-9-5-10-34(24-32)57-51(70)47-45-40(61(3)59-47)17-16-38(46(45)54)37-15-14-36(65-29-56-62(4)53(65)72)26-39(37)31-8-6-11-35(25-31)64-27-33(28-64)30-20-22-63(23-21-30)41-12-7-13-42-48(41)60(2)52(71)66(42)43-18-19-44(67)58-50(43)69/h5-17,24-26,29-30,33,43,53,72H,18-23,27-28H2,1-4H3,(H,55,68)(H,57,70)(H,58,67,69). The molecular formula is C53H53FN12O6. The van der Waals surface area contributed by atoms with E-state index in [-0.39, 0.29) is 47.0 Å². The van der Waals surface area contributed by atoms with Crippen LogP contribution in [-0.2, 0) is 23.7 Å². The van der Waals surface area contributed by atoms with Gasteiger partial charge in [-0.3, -0.25) is 48.2 Å². The second-order valence-electron chi connectivity index (χ2n) is 19.1. The third-order valence-electron chi connectivity index (χ3n) is 14.9. The summed E-state index contributed by atoms with van der Waals surface area (Å²) in [5.41, 5.74) is 7.17. The van der Waals surface area contributed by atoms with Crippen molar-refractivity contribution in [3.63, 3.8) is 0 Å². The van der Waals surface area contributed by atoms with Gasteiger partial charge in [-0.05, 0) is 115 Å². The molecule has 19 heteroatoms. The number of aryl methyl sites for hydroxylation is 2. The summed E-state index contributed by atoms with van der Waals surface area (Å²) in [6.45, 7) is 3.38. The number of aliphatic hydroxyl groups is 1. The Kier molecular flexibility index (Phi) is 11.6. The first-order chi connectivity index (χ1) is 34.8. The van der Waals surface area contributed by atoms with E-state index in [0.29, 0.717) is 50.9 Å². The Morgan fingerprint density at radius 3 is 2.29 bits per heavy atom. The van der Waals surface area contributed by atoms with Crippen LogP contribution in [0, 0.1) is 17.7 Å². The number of hydrogen-bond acceptors (Lipinski definition) is 12. The molecule has 3 saturated heterocycles. The maximum absolute atomic E-state index is 17.4. The summed E-state index contributed by atoms with van der Waals surface area (Å²) in [4.78, 5) is 70.8. The van der Waals surface area contributed by atoms with E-state index in [4.69, 9.17) is 0 Å². The zero-order chi connectivity index (χ0) is 50.1. The predicted molar refractivity (Wildman–Crippen MR) is 273 cm³/mol. The molecule has 0 spiro atoms. The van der Waals surface area contributed by atoms with Gasteiger partial charge in [-0.2, -0.15) is 10.2 Å². The number of fused-ring (bicyclic) bond motifs is 2. The number of hydrazone groups is 1. The van der Waals surface area contributed by atoms with Gasteiger partial charge in [0.05, 0.1) is 27.6 Å². The summed E-state index contributed by atoms with van der Waals surface area (Å²) >= 11 is 0. The van der Waals surface area contributed by atoms with Gasteiger partial charge in [-0.25, -0.2) is 9.18 Å². The van der Waals surface area contributed by atoms with Gasteiger partial charge in [0.25, 0.3) is 11.8 Å². The highest BCUT2D eigenvalue weighted by molar-refractivity contribution is 6.12. The van der Waals surface area contributed by atoms with Crippen LogP contribution in [0.5, 0.6) is 0 Å². The zero-order valence-corrected chi connectivity index (χ0v) is 40.2. The van der Waals surface area contributed by atoms with Crippen LogP contribution in [0.15, 0.2) is 107 Å². The van der Waals surface area contributed by atoms with Crippen molar-refractivity contribution in [3.05, 3.63) is 125 Å². The zero-order valence-electron chi connectivity index (χ0n) is 40.2. The number of imide groups is 1. The van der Waals surface area contributed by atoms with Crippen molar-refractivity contribution < 1.29 is 28.7 Å². The van der Waals surface area contributed by atoms with E-state index in [9.17, 15) is 29.1 Å². The quantitative estimate of drug-likeness (QED) is 0.125. The van der Waals surface area contributed by atoms with Crippen LogP contribution in [0.2, 0.25) is 0 Å². The largest absolute Gasteiger partial charge is 0.371 e. The first kappa shape index (κ1) is 46.1. The molecule has 368 valence electrons. The molecule has 4 aliphatic rings.